The van der Waals surface area contributed by atoms with Gasteiger partial charge in [0.15, 0.2) is 0 Å². The monoisotopic (exact) mass is 166 g/mol. The molecule has 0 aliphatic rings. The van der Waals surface area contributed by atoms with Gasteiger partial charge in [-0.1, -0.05) is 0 Å². The summed E-state index contributed by atoms with van der Waals surface area (Å²) in [5.41, 5.74) is 6.97. The zero-order valence-electron chi connectivity index (χ0n) is 7.36. The molecular weight excluding hydrogens is 152 g/mol. The van der Waals surface area contributed by atoms with Crippen molar-refractivity contribution < 1.29 is 5.21 Å². The molecule has 0 bridgehead atoms. The van der Waals surface area contributed by atoms with Crippen molar-refractivity contribution in [2.75, 3.05) is 10.8 Å². The van der Waals surface area contributed by atoms with Gasteiger partial charge in [-0.05, 0) is 38.1 Å². The minimum Gasteiger partial charge on any atom is -0.399 e. The largest absolute Gasteiger partial charge is 0.399 e. The van der Waals surface area contributed by atoms with Crippen molar-refractivity contribution in [2.45, 2.75) is 19.9 Å². The standard InChI is InChI=1S/C9H14N2O/c1-7(2)11(12)9-5-3-8(10)4-6-9/h3-7,12H,10H2,1-2H3. The fourth-order valence-electron chi connectivity index (χ4n) is 0.925. The van der Waals surface area contributed by atoms with E-state index in [0.29, 0.717) is 5.69 Å². The summed E-state index contributed by atoms with van der Waals surface area (Å²) in [7, 11) is 0. The summed E-state index contributed by atoms with van der Waals surface area (Å²) in [4.78, 5) is 0. The van der Waals surface area contributed by atoms with Gasteiger partial charge in [-0.25, -0.2) is 0 Å². The Morgan fingerprint density at radius 1 is 1.25 bits per heavy atom. The van der Waals surface area contributed by atoms with Crippen molar-refractivity contribution in [3.8, 4) is 0 Å². The minimum absolute atomic E-state index is 0.0774. The van der Waals surface area contributed by atoms with Gasteiger partial charge in [0.1, 0.15) is 0 Å². The van der Waals surface area contributed by atoms with Crippen LogP contribution in [-0.4, -0.2) is 11.2 Å². The molecule has 0 aromatic heterocycles. The van der Waals surface area contributed by atoms with Crippen LogP contribution in [0.5, 0.6) is 0 Å². The van der Waals surface area contributed by atoms with Crippen LogP contribution in [0.2, 0.25) is 0 Å². The Morgan fingerprint density at radius 2 is 1.75 bits per heavy atom. The molecule has 3 N–H and O–H groups in total. The molecule has 0 atom stereocenters. The van der Waals surface area contributed by atoms with Crippen molar-refractivity contribution in [1.29, 1.82) is 0 Å². The van der Waals surface area contributed by atoms with E-state index in [1.807, 2.05) is 13.8 Å². The molecule has 66 valence electrons. The van der Waals surface area contributed by atoms with Crippen molar-refractivity contribution in [2.24, 2.45) is 0 Å². The highest BCUT2D eigenvalue weighted by Gasteiger charge is 2.05. The summed E-state index contributed by atoms with van der Waals surface area (Å²) in [6.07, 6.45) is 0. The number of benzene rings is 1. The normalized spacial score (nSPS) is 10.3. The first-order valence-corrected chi connectivity index (χ1v) is 3.95. The number of hydrogen-bond donors (Lipinski definition) is 2. The minimum atomic E-state index is 0.0774. The fourth-order valence-corrected chi connectivity index (χ4v) is 0.925. The van der Waals surface area contributed by atoms with Gasteiger partial charge < -0.3 is 5.73 Å². The lowest BCUT2D eigenvalue weighted by Gasteiger charge is -2.20. The number of anilines is 2. The summed E-state index contributed by atoms with van der Waals surface area (Å²) in [5.74, 6) is 0. The third-order valence-corrected chi connectivity index (χ3v) is 1.65. The lowest BCUT2D eigenvalue weighted by molar-refractivity contribution is 0.229. The zero-order valence-corrected chi connectivity index (χ0v) is 7.36. The highest BCUT2D eigenvalue weighted by Crippen LogP contribution is 2.16. The summed E-state index contributed by atoms with van der Waals surface area (Å²) >= 11 is 0. The Bertz CT molecular complexity index is 243. The van der Waals surface area contributed by atoms with Crippen LogP contribution in [-0.2, 0) is 0 Å². The first-order chi connectivity index (χ1) is 5.61. The van der Waals surface area contributed by atoms with Gasteiger partial charge in [0.05, 0.1) is 11.7 Å². The van der Waals surface area contributed by atoms with Crippen LogP contribution in [0.1, 0.15) is 13.8 Å². The van der Waals surface area contributed by atoms with Gasteiger partial charge in [-0.2, -0.15) is 0 Å². The van der Waals surface area contributed by atoms with Gasteiger partial charge in [-0.15, -0.1) is 0 Å². The number of rotatable bonds is 2. The van der Waals surface area contributed by atoms with Crippen molar-refractivity contribution in [3.63, 3.8) is 0 Å². The Hall–Kier alpha value is -1.22. The summed E-state index contributed by atoms with van der Waals surface area (Å²) in [6, 6.07) is 7.18. The number of nitrogen functional groups attached to an aromatic ring is 1. The molecular formula is C9H14N2O. The smallest absolute Gasteiger partial charge is 0.0638 e. The molecule has 0 unspecified atom stereocenters. The number of nitrogens with zero attached hydrogens (tertiary/aromatic N) is 1. The molecule has 12 heavy (non-hydrogen) atoms. The quantitative estimate of drug-likeness (QED) is 0.521. The van der Waals surface area contributed by atoms with Crippen molar-refractivity contribution >= 4 is 11.4 Å². The predicted molar refractivity (Wildman–Crippen MR) is 50.3 cm³/mol. The van der Waals surface area contributed by atoms with Crippen LogP contribution in [0.4, 0.5) is 11.4 Å². The van der Waals surface area contributed by atoms with Gasteiger partial charge >= 0.3 is 0 Å². The summed E-state index contributed by atoms with van der Waals surface area (Å²) in [6.45, 7) is 3.83. The SMILES string of the molecule is CC(C)N(O)c1ccc(N)cc1. The molecule has 0 saturated carbocycles. The third kappa shape index (κ3) is 1.89. The first kappa shape index (κ1) is 8.87. The molecule has 3 nitrogen and oxygen atoms in total. The zero-order chi connectivity index (χ0) is 9.14. The number of nitrogens with two attached hydrogens (primary N) is 1. The van der Waals surface area contributed by atoms with Gasteiger partial charge in [0.25, 0.3) is 0 Å². The fraction of sp³-hybridized carbons (Fsp3) is 0.333. The summed E-state index contributed by atoms with van der Waals surface area (Å²) < 4.78 is 0. The van der Waals surface area contributed by atoms with Crippen molar-refractivity contribution in [3.05, 3.63) is 24.3 Å². The highest BCUT2D eigenvalue weighted by molar-refractivity contribution is 5.51. The van der Waals surface area contributed by atoms with Crippen molar-refractivity contribution in [1.82, 2.24) is 0 Å². The Morgan fingerprint density at radius 3 is 2.17 bits per heavy atom. The molecule has 3 heteroatoms. The molecule has 1 rings (SSSR count). The average molecular weight is 166 g/mol. The molecule has 0 aliphatic heterocycles. The average Bonchev–Trinajstić information content (AvgIpc) is 2.04. The van der Waals surface area contributed by atoms with Crippen LogP contribution >= 0.6 is 0 Å². The van der Waals surface area contributed by atoms with Gasteiger partial charge in [0.2, 0.25) is 0 Å². The van der Waals surface area contributed by atoms with E-state index in [0.717, 1.165) is 5.69 Å². The summed E-state index contributed by atoms with van der Waals surface area (Å²) in [5, 5.41) is 10.7. The lowest BCUT2D eigenvalue weighted by atomic mass is 10.2. The molecule has 0 heterocycles. The van der Waals surface area contributed by atoms with Crippen LogP contribution in [0.15, 0.2) is 24.3 Å². The van der Waals surface area contributed by atoms with E-state index < -0.39 is 0 Å². The van der Waals surface area contributed by atoms with E-state index in [1.54, 1.807) is 24.3 Å². The maximum Gasteiger partial charge on any atom is 0.0638 e. The molecule has 0 radical (unpaired) electrons. The van der Waals surface area contributed by atoms with E-state index in [9.17, 15) is 5.21 Å². The maximum absolute atomic E-state index is 9.48. The van der Waals surface area contributed by atoms with E-state index in [-0.39, 0.29) is 6.04 Å². The topological polar surface area (TPSA) is 49.5 Å². The molecule has 1 aromatic rings. The molecule has 0 spiro atoms. The second kappa shape index (κ2) is 3.45. The maximum atomic E-state index is 9.48. The Balaban J connectivity index is 2.82. The second-order valence-corrected chi connectivity index (χ2v) is 3.03. The highest BCUT2D eigenvalue weighted by atomic mass is 16.5. The first-order valence-electron chi connectivity index (χ1n) is 3.95. The predicted octanol–water partition coefficient (Wildman–Crippen LogP) is 1.87. The molecule has 0 saturated heterocycles. The van der Waals surface area contributed by atoms with E-state index in [2.05, 4.69) is 0 Å². The molecule has 1 aromatic carbocycles. The Labute approximate surface area is 72.4 Å². The van der Waals surface area contributed by atoms with Crippen LogP contribution in [0, 0.1) is 0 Å². The van der Waals surface area contributed by atoms with E-state index >= 15 is 0 Å². The number of hydrogen-bond acceptors (Lipinski definition) is 3. The molecule has 0 amide bonds. The van der Waals surface area contributed by atoms with Gasteiger partial charge in [0, 0.05) is 5.69 Å². The number of hydroxylamine groups is 1. The van der Waals surface area contributed by atoms with Gasteiger partial charge in [-0.3, -0.25) is 10.3 Å². The lowest BCUT2D eigenvalue weighted by Crippen LogP contribution is -2.26. The van der Waals surface area contributed by atoms with E-state index in [4.69, 9.17) is 5.73 Å². The second-order valence-electron chi connectivity index (χ2n) is 3.03. The third-order valence-electron chi connectivity index (χ3n) is 1.65. The Kier molecular flexibility index (Phi) is 2.55. The van der Waals surface area contributed by atoms with Crippen LogP contribution in [0.3, 0.4) is 0 Å². The van der Waals surface area contributed by atoms with Crippen LogP contribution in [0.25, 0.3) is 0 Å². The van der Waals surface area contributed by atoms with Crippen LogP contribution < -0.4 is 10.8 Å². The molecule has 0 fully saturated rings. The molecule has 0 aliphatic carbocycles. The van der Waals surface area contributed by atoms with E-state index in [1.165, 1.54) is 5.06 Å².